The van der Waals surface area contributed by atoms with Gasteiger partial charge in [-0.3, -0.25) is 14.6 Å². The molecule has 156 valence electrons. The van der Waals surface area contributed by atoms with Gasteiger partial charge in [0, 0.05) is 31.9 Å². The van der Waals surface area contributed by atoms with Crippen LogP contribution < -0.4 is 5.32 Å². The largest absolute Gasteiger partial charge is 0.465 e. The molecule has 0 unspecified atom stereocenters. The third kappa shape index (κ3) is 5.46. The Balaban J connectivity index is 1.47. The number of ether oxygens (including phenoxy) is 1. The number of piperazine rings is 1. The van der Waals surface area contributed by atoms with Gasteiger partial charge in [0.15, 0.2) is 0 Å². The molecular weight excluding hydrogens is 370 g/mol. The van der Waals surface area contributed by atoms with Gasteiger partial charge in [-0.25, -0.2) is 4.79 Å². The first-order valence-corrected chi connectivity index (χ1v) is 10.00. The van der Waals surface area contributed by atoms with Gasteiger partial charge in [0.05, 0.1) is 20.2 Å². The summed E-state index contributed by atoms with van der Waals surface area (Å²) >= 11 is 0. The molecule has 1 aromatic carbocycles. The molecule has 1 aliphatic rings. The Morgan fingerprint density at radius 2 is 1.83 bits per heavy atom. The van der Waals surface area contributed by atoms with E-state index in [0.29, 0.717) is 24.4 Å². The molecule has 0 atom stereocenters. The number of furan rings is 1. The van der Waals surface area contributed by atoms with E-state index in [1.54, 1.807) is 13.0 Å². The fraction of sp³-hybridized carbons (Fsp3) is 0.455. The molecule has 7 heteroatoms. The average Bonchev–Trinajstić information content (AvgIpc) is 3.09. The first kappa shape index (κ1) is 21.1. The number of anilines is 1. The molecule has 7 nitrogen and oxygen atoms in total. The van der Waals surface area contributed by atoms with Crippen LogP contribution in [0.4, 0.5) is 5.69 Å². The normalized spacial score (nSPS) is 15.3. The molecule has 1 N–H and O–H groups in total. The van der Waals surface area contributed by atoms with Crippen LogP contribution in [0.1, 0.15) is 34.4 Å². The summed E-state index contributed by atoms with van der Waals surface area (Å²) < 4.78 is 10.5. The highest BCUT2D eigenvalue weighted by atomic mass is 16.5. The Labute approximate surface area is 171 Å². The van der Waals surface area contributed by atoms with Crippen LogP contribution in [-0.2, 0) is 22.5 Å². The van der Waals surface area contributed by atoms with Gasteiger partial charge >= 0.3 is 5.97 Å². The molecule has 2 heterocycles. The number of carbonyl (C=O) groups is 2. The first-order chi connectivity index (χ1) is 14.0. The van der Waals surface area contributed by atoms with Crippen molar-refractivity contribution in [2.24, 2.45) is 0 Å². The van der Waals surface area contributed by atoms with Crippen molar-refractivity contribution in [1.29, 1.82) is 0 Å². The van der Waals surface area contributed by atoms with Gasteiger partial charge in [-0.2, -0.15) is 0 Å². The van der Waals surface area contributed by atoms with Crippen molar-refractivity contribution in [3.8, 4) is 0 Å². The summed E-state index contributed by atoms with van der Waals surface area (Å²) in [6.45, 7) is 8.18. The molecule has 3 rings (SSSR count). The number of aryl methyl sites for hydroxylation is 2. The third-order valence-electron chi connectivity index (χ3n) is 5.26. The predicted molar refractivity (Wildman–Crippen MR) is 111 cm³/mol. The SMILES string of the molecule is CCc1ccccc1NC(=O)CN1CCN(Cc2cc(C(=O)OC)c(C)o2)CC1. The molecule has 1 aliphatic heterocycles. The van der Waals surface area contributed by atoms with E-state index in [4.69, 9.17) is 9.15 Å². The summed E-state index contributed by atoms with van der Waals surface area (Å²) in [7, 11) is 1.37. The van der Waals surface area contributed by atoms with Gasteiger partial charge in [-0.1, -0.05) is 25.1 Å². The molecule has 1 fully saturated rings. The van der Waals surface area contributed by atoms with Crippen LogP contribution in [-0.4, -0.2) is 61.5 Å². The molecule has 1 aromatic heterocycles. The van der Waals surface area contributed by atoms with E-state index in [-0.39, 0.29) is 11.9 Å². The molecular formula is C22H29N3O4. The van der Waals surface area contributed by atoms with Gasteiger partial charge in [0.2, 0.25) is 5.91 Å². The van der Waals surface area contributed by atoms with E-state index in [2.05, 4.69) is 22.0 Å². The Hall–Kier alpha value is -2.64. The van der Waals surface area contributed by atoms with Crippen LogP contribution in [0.2, 0.25) is 0 Å². The molecule has 0 aliphatic carbocycles. The highest BCUT2D eigenvalue weighted by Gasteiger charge is 2.22. The minimum Gasteiger partial charge on any atom is -0.465 e. The van der Waals surface area contributed by atoms with Gasteiger partial charge in [-0.15, -0.1) is 0 Å². The molecule has 1 saturated heterocycles. The minimum atomic E-state index is -0.377. The Kier molecular flexibility index (Phi) is 7.06. The summed E-state index contributed by atoms with van der Waals surface area (Å²) in [5.74, 6) is 0.974. The maximum Gasteiger partial charge on any atom is 0.341 e. The second-order valence-corrected chi connectivity index (χ2v) is 7.29. The van der Waals surface area contributed by atoms with E-state index in [1.807, 2.05) is 24.3 Å². The molecule has 1 amide bonds. The lowest BCUT2D eigenvalue weighted by atomic mass is 10.1. The van der Waals surface area contributed by atoms with Crippen molar-refractivity contribution in [3.63, 3.8) is 0 Å². The van der Waals surface area contributed by atoms with Crippen molar-refractivity contribution in [1.82, 2.24) is 9.80 Å². The summed E-state index contributed by atoms with van der Waals surface area (Å²) in [5, 5.41) is 3.03. The summed E-state index contributed by atoms with van der Waals surface area (Å²) in [6, 6.07) is 9.67. The van der Waals surface area contributed by atoms with Crippen molar-refractivity contribution in [3.05, 3.63) is 53.0 Å². The number of carbonyl (C=O) groups excluding carboxylic acids is 2. The zero-order chi connectivity index (χ0) is 20.8. The number of nitrogens with one attached hydrogen (secondary N) is 1. The number of amides is 1. The number of esters is 1. The van der Waals surface area contributed by atoms with Crippen molar-refractivity contribution >= 4 is 17.6 Å². The predicted octanol–water partition coefficient (Wildman–Crippen LogP) is 2.69. The summed E-state index contributed by atoms with van der Waals surface area (Å²) in [5.41, 5.74) is 2.52. The van der Waals surface area contributed by atoms with Gasteiger partial charge in [-0.05, 0) is 31.0 Å². The molecule has 0 bridgehead atoms. The molecule has 2 aromatic rings. The Bertz CT molecular complexity index is 853. The zero-order valence-corrected chi connectivity index (χ0v) is 17.4. The number of hydrogen-bond acceptors (Lipinski definition) is 6. The molecule has 0 saturated carbocycles. The van der Waals surface area contributed by atoms with Crippen molar-refractivity contribution in [2.45, 2.75) is 26.8 Å². The standard InChI is InChI=1S/C22H29N3O4/c1-4-17-7-5-6-8-20(17)23-21(26)15-25-11-9-24(10-12-25)14-18-13-19(16(2)29-18)22(27)28-3/h5-8,13H,4,9-12,14-15H2,1-3H3,(H,23,26). The van der Waals surface area contributed by atoms with Crippen LogP contribution in [0.5, 0.6) is 0 Å². The molecule has 29 heavy (non-hydrogen) atoms. The third-order valence-corrected chi connectivity index (χ3v) is 5.26. The smallest absolute Gasteiger partial charge is 0.341 e. The highest BCUT2D eigenvalue weighted by Crippen LogP contribution is 2.18. The van der Waals surface area contributed by atoms with Gasteiger partial charge in [0.25, 0.3) is 0 Å². The second-order valence-electron chi connectivity index (χ2n) is 7.29. The number of nitrogens with zero attached hydrogens (tertiary/aromatic N) is 2. The number of para-hydroxylation sites is 1. The molecule has 0 radical (unpaired) electrons. The van der Waals surface area contributed by atoms with Crippen LogP contribution >= 0.6 is 0 Å². The van der Waals surface area contributed by atoms with E-state index >= 15 is 0 Å². The zero-order valence-electron chi connectivity index (χ0n) is 17.4. The molecule has 0 spiro atoms. The first-order valence-electron chi connectivity index (χ1n) is 10.00. The quantitative estimate of drug-likeness (QED) is 0.722. The fourth-order valence-corrected chi connectivity index (χ4v) is 3.60. The van der Waals surface area contributed by atoms with E-state index in [1.165, 1.54) is 7.11 Å². The lowest BCUT2D eigenvalue weighted by Gasteiger charge is -2.33. The number of benzene rings is 1. The van der Waals surface area contributed by atoms with Crippen LogP contribution in [0.3, 0.4) is 0 Å². The monoisotopic (exact) mass is 399 g/mol. The maximum atomic E-state index is 12.4. The van der Waals surface area contributed by atoms with Crippen LogP contribution in [0.25, 0.3) is 0 Å². The second kappa shape index (κ2) is 9.71. The Morgan fingerprint density at radius 1 is 1.14 bits per heavy atom. The number of hydrogen-bond donors (Lipinski definition) is 1. The summed E-state index contributed by atoms with van der Waals surface area (Å²) in [6.07, 6.45) is 0.888. The van der Waals surface area contributed by atoms with E-state index < -0.39 is 0 Å². The number of methoxy groups -OCH3 is 1. The van der Waals surface area contributed by atoms with Crippen molar-refractivity contribution < 1.29 is 18.7 Å². The lowest BCUT2D eigenvalue weighted by molar-refractivity contribution is -0.117. The Morgan fingerprint density at radius 3 is 2.52 bits per heavy atom. The lowest BCUT2D eigenvalue weighted by Crippen LogP contribution is -2.48. The highest BCUT2D eigenvalue weighted by molar-refractivity contribution is 5.93. The summed E-state index contributed by atoms with van der Waals surface area (Å²) in [4.78, 5) is 28.6. The van der Waals surface area contributed by atoms with Gasteiger partial charge < -0.3 is 14.5 Å². The van der Waals surface area contributed by atoms with Gasteiger partial charge in [0.1, 0.15) is 17.1 Å². The maximum absolute atomic E-state index is 12.4. The average molecular weight is 399 g/mol. The topological polar surface area (TPSA) is 75.0 Å². The van der Waals surface area contributed by atoms with Crippen LogP contribution in [0.15, 0.2) is 34.7 Å². The fourth-order valence-electron chi connectivity index (χ4n) is 3.60. The van der Waals surface area contributed by atoms with Crippen molar-refractivity contribution in [2.75, 3.05) is 45.2 Å². The van der Waals surface area contributed by atoms with Crippen LogP contribution in [0, 0.1) is 6.92 Å². The van der Waals surface area contributed by atoms with E-state index in [9.17, 15) is 9.59 Å². The minimum absolute atomic E-state index is 0.0173. The van der Waals surface area contributed by atoms with E-state index in [0.717, 1.165) is 49.6 Å². The number of rotatable bonds is 7.